The summed E-state index contributed by atoms with van der Waals surface area (Å²) in [5.74, 6) is 2.05. The van der Waals surface area contributed by atoms with Crippen LogP contribution in [-0.2, 0) is 24.7 Å². The molecule has 1 amide bonds. The predicted octanol–water partition coefficient (Wildman–Crippen LogP) is 1.73. The summed E-state index contributed by atoms with van der Waals surface area (Å²) in [4.78, 5) is 12.0. The van der Waals surface area contributed by atoms with Gasteiger partial charge >= 0.3 is 0 Å². The van der Waals surface area contributed by atoms with Crippen LogP contribution < -0.4 is 14.8 Å². The minimum absolute atomic E-state index is 0.0689. The van der Waals surface area contributed by atoms with E-state index in [1.165, 1.54) is 0 Å². The van der Waals surface area contributed by atoms with E-state index < -0.39 is 0 Å². The van der Waals surface area contributed by atoms with Gasteiger partial charge in [-0.15, -0.1) is 0 Å². The lowest BCUT2D eigenvalue weighted by Gasteiger charge is -2.25. The van der Waals surface area contributed by atoms with Crippen LogP contribution in [-0.4, -0.2) is 35.9 Å². The Kier molecular flexibility index (Phi) is 5.03. The number of fused-ring (bicyclic) bond motifs is 1. The van der Waals surface area contributed by atoms with E-state index in [0.29, 0.717) is 31.9 Å². The van der Waals surface area contributed by atoms with Gasteiger partial charge in [0.05, 0.1) is 19.9 Å². The largest absolute Gasteiger partial charge is 0.497 e. The number of hydrogen-bond acceptors (Lipinski definition) is 4. The summed E-state index contributed by atoms with van der Waals surface area (Å²) < 4.78 is 12.8. The van der Waals surface area contributed by atoms with Gasteiger partial charge in [0.2, 0.25) is 5.91 Å². The molecule has 2 aromatic rings. The first-order valence-corrected chi connectivity index (χ1v) is 8.18. The highest BCUT2D eigenvalue weighted by Crippen LogP contribution is 2.30. The first-order valence-electron chi connectivity index (χ1n) is 8.18. The van der Waals surface area contributed by atoms with Gasteiger partial charge in [0.25, 0.3) is 0 Å². The van der Waals surface area contributed by atoms with E-state index in [1.54, 1.807) is 18.0 Å². The molecule has 128 valence electrons. The SMILES string of the molecule is COc1ccc2c(c1)OC[C@@H](CNC(=O)CCc1cnn(C)c1)C2. The molecule has 0 saturated heterocycles. The van der Waals surface area contributed by atoms with Crippen molar-refractivity contribution in [3.63, 3.8) is 0 Å². The quantitative estimate of drug-likeness (QED) is 0.876. The zero-order valence-electron chi connectivity index (χ0n) is 14.1. The molecule has 2 heterocycles. The number of aryl methyl sites for hydroxylation is 2. The Labute approximate surface area is 141 Å². The fourth-order valence-corrected chi connectivity index (χ4v) is 2.88. The fraction of sp³-hybridized carbons (Fsp3) is 0.444. The maximum atomic E-state index is 12.0. The number of methoxy groups -OCH3 is 1. The van der Waals surface area contributed by atoms with E-state index in [0.717, 1.165) is 29.0 Å². The Morgan fingerprint density at radius 3 is 3.12 bits per heavy atom. The van der Waals surface area contributed by atoms with E-state index in [2.05, 4.69) is 10.4 Å². The van der Waals surface area contributed by atoms with Crippen LogP contribution in [0.3, 0.4) is 0 Å². The van der Waals surface area contributed by atoms with Crippen molar-refractivity contribution in [2.24, 2.45) is 13.0 Å². The van der Waals surface area contributed by atoms with E-state index in [-0.39, 0.29) is 5.91 Å². The number of ether oxygens (including phenoxy) is 2. The maximum absolute atomic E-state index is 12.0. The van der Waals surface area contributed by atoms with Gasteiger partial charge in [-0.25, -0.2) is 0 Å². The van der Waals surface area contributed by atoms with Gasteiger partial charge in [-0.2, -0.15) is 5.10 Å². The van der Waals surface area contributed by atoms with Crippen LogP contribution in [0.25, 0.3) is 0 Å². The third-order valence-electron chi connectivity index (χ3n) is 4.24. The molecule has 1 aliphatic heterocycles. The van der Waals surface area contributed by atoms with Crippen molar-refractivity contribution in [3.05, 3.63) is 41.7 Å². The summed E-state index contributed by atoms with van der Waals surface area (Å²) in [5.41, 5.74) is 2.24. The second kappa shape index (κ2) is 7.38. The van der Waals surface area contributed by atoms with Crippen LogP contribution in [0.5, 0.6) is 11.5 Å². The summed E-state index contributed by atoms with van der Waals surface area (Å²) in [6.07, 6.45) is 5.83. The van der Waals surface area contributed by atoms with Crippen molar-refractivity contribution in [3.8, 4) is 11.5 Å². The predicted molar refractivity (Wildman–Crippen MR) is 90.2 cm³/mol. The van der Waals surface area contributed by atoms with Crippen molar-refractivity contribution in [1.82, 2.24) is 15.1 Å². The van der Waals surface area contributed by atoms with Crippen LogP contribution in [0, 0.1) is 5.92 Å². The molecule has 1 aromatic heterocycles. The monoisotopic (exact) mass is 329 g/mol. The molecule has 0 aliphatic carbocycles. The molecule has 0 radical (unpaired) electrons. The average Bonchev–Trinajstić information content (AvgIpc) is 3.02. The molecule has 0 bridgehead atoms. The molecule has 6 nitrogen and oxygen atoms in total. The summed E-state index contributed by atoms with van der Waals surface area (Å²) in [5, 5.41) is 7.12. The number of nitrogens with zero attached hydrogens (tertiary/aromatic N) is 2. The van der Waals surface area contributed by atoms with Gasteiger partial charge in [0, 0.05) is 38.2 Å². The molecule has 0 spiro atoms. The van der Waals surface area contributed by atoms with Crippen LogP contribution in [0.1, 0.15) is 17.5 Å². The number of benzene rings is 1. The number of carbonyl (C=O) groups is 1. The first kappa shape index (κ1) is 16.4. The zero-order valence-corrected chi connectivity index (χ0v) is 14.1. The van der Waals surface area contributed by atoms with Crippen LogP contribution >= 0.6 is 0 Å². The smallest absolute Gasteiger partial charge is 0.220 e. The summed E-state index contributed by atoms with van der Waals surface area (Å²) in [6, 6.07) is 5.89. The summed E-state index contributed by atoms with van der Waals surface area (Å²) >= 11 is 0. The van der Waals surface area contributed by atoms with Gasteiger partial charge in [-0.3, -0.25) is 9.48 Å². The number of rotatable bonds is 6. The number of nitrogens with one attached hydrogen (secondary N) is 1. The molecular formula is C18H23N3O3. The van der Waals surface area contributed by atoms with Crippen molar-refractivity contribution in [2.75, 3.05) is 20.3 Å². The highest BCUT2D eigenvalue weighted by Gasteiger charge is 2.20. The molecule has 24 heavy (non-hydrogen) atoms. The molecule has 0 fully saturated rings. The van der Waals surface area contributed by atoms with Crippen LogP contribution in [0.2, 0.25) is 0 Å². The van der Waals surface area contributed by atoms with Gasteiger partial charge < -0.3 is 14.8 Å². The van der Waals surface area contributed by atoms with Gasteiger partial charge in [-0.05, 0) is 30.0 Å². The summed E-state index contributed by atoms with van der Waals surface area (Å²) in [7, 11) is 3.52. The van der Waals surface area contributed by atoms with Crippen molar-refractivity contribution < 1.29 is 14.3 Å². The van der Waals surface area contributed by atoms with Crippen molar-refractivity contribution in [2.45, 2.75) is 19.3 Å². The van der Waals surface area contributed by atoms with Crippen molar-refractivity contribution in [1.29, 1.82) is 0 Å². The fourth-order valence-electron chi connectivity index (χ4n) is 2.88. The second-order valence-corrected chi connectivity index (χ2v) is 6.18. The zero-order chi connectivity index (χ0) is 16.9. The Morgan fingerprint density at radius 2 is 2.38 bits per heavy atom. The van der Waals surface area contributed by atoms with E-state index in [1.807, 2.05) is 31.4 Å². The Morgan fingerprint density at radius 1 is 1.50 bits per heavy atom. The van der Waals surface area contributed by atoms with Crippen molar-refractivity contribution >= 4 is 5.91 Å². The lowest BCUT2D eigenvalue weighted by molar-refractivity contribution is -0.121. The number of amides is 1. The number of aromatic nitrogens is 2. The molecule has 0 unspecified atom stereocenters. The standard InChI is InChI=1S/C18H23N3O3/c1-21-11-13(10-20-21)3-6-18(22)19-9-14-7-15-4-5-16(23-2)8-17(15)24-12-14/h4-5,8,10-11,14H,3,6-7,9,12H2,1-2H3,(H,19,22)/t14-/m1/s1. The molecule has 1 aromatic carbocycles. The highest BCUT2D eigenvalue weighted by atomic mass is 16.5. The molecule has 1 N–H and O–H groups in total. The van der Waals surface area contributed by atoms with Crippen LogP contribution in [0.4, 0.5) is 0 Å². The topological polar surface area (TPSA) is 65.4 Å². The Balaban J connectivity index is 1.44. The molecule has 0 saturated carbocycles. The average molecular weight is 329 g/mol. The lowest BCUT2D eigenvalue weighted by atomic mass is 9.96. The van der Waals surface area contributed by atoms with Crippen LogP contribution in [0.15, 0.2) is 30.6 Å². The lowest BCUT2D eigenvalue weighted by Crippen LogP contribution is -2.34. The second-order valence-electron chi connectivity index (χ2n) is 6.18. The third kappa shape index (κ3) is 4.07. The Hall–Kier alpha value is -2.50. The minimum Gasteiger partial charge on any atom is -0.497 e. The van der Waals surface area contributed by atoms with Gasteiger partial charge in [0.15, 0.2) is 0 Å². The molecule has 3 rings (SSSR count). The van der Waals surface area contributed by atoms with E-state index in [9.17, 15) is 4.79 Å². The molecule has 6 heteroatoms. The third-order valence-corrected chi connectivity index (χ3v) is 4.24. The Bertz CT molecular complexity index is 711. The number of hydrogen-bond donors (Lipinski definition) is 1. The molecular weight excluding hydrogens is 306 g/mol. The summed E-state index contributed by atoms with van der Waals surface area (Å²) in [6.45, 7) is 1.25. The number of carbonyl (C=O) groups excluding carboxylic acids is 1. The van der Waals surface area contributed by atoms with Gasteiger partial charge in [-0.1, -0.05) is 6.07 Å². The minimum atomic E-state index is 0.0689. The van der Waals surface area contributed by atoms with E-state index >= 15 is 0 Å². The highest BCUT2D eigenvalue weighted by molar-refractivity contribution is 5.76. The maximum Gasteiger partial charge on any atom is 0.220 e. The van der Waals surface area contributed by atoms with Gasteiger partial charge in [0.1, 0.15) is 11.5 Å². The molecule has 1 atom stereocenters. The molecule has 1 aliphatic rings. The van der Waals surface area contributed by atoms with E-state index in [4.69, 9.17) is 9.47 Å². The normalized spacial score (nSPS) is 16.2. The first-order chi connectivity index (χ1) is 11.6.